The maximum Gasteiger partial charge on any atom is 0.303 e. The Kier molecular flexibility index (Phi) is 5.93. The third kappa shape index (κ3) is 4.53. The molecule has 2 aliphatic rings. The topological polar surface area (TPSA) is 105 Å². The summed E-state index contributed by atoms with van der Waals surface area (Å²) in [5.74, 6) is -1.78. The molecule has 1 heterocycles. The van der Waals surface area contributed by atoms with Gasteiger partial charge in [-0.1, -0.05) is 0 Å². The van der Waals surface area contributed by atoms with Crippen LogP contribution in [-0.4, -0.2) is 55.2 Å². The zero-order valence-corrected chi connectivity index (χ0v) is 13.9. The third-order valence-electron chi connectivity index (χ3n) is 4.14. The van der Waals surface area contributed by atoms with E-state index in [0.717, 1.165) is 12.8 Å². The van der Waals surface area contributed by atoms with E-state index in [9.17, 15) is 19.2 Å². The molecule has 0 spiro atoms. The molecule has 2 fully saturated rings. The number of rotatable bonds is 6. The molecule has 5 atom stereocenters. The van der Waals surface area contributed by atoms with Crippen LogP contribution in [0.25, 0.3) is 0 Å². The fraction of sp³-hybridized carbons (Fsp3) is 0.750. The molecule has 0 aromatic carbocycles. The lowest BCUT2D eigenvalue weighted by atomic mass is 9.82. The standard InChI is InChI=1S/C16H22O8/c1-8(18)21-7-13-16(23-10(3)20)14(11-4-5-11)15(22-9(2)19)12(6-17)24-13/h6,11-16H,4-5,7H2,1-3H3. The van der Waals surface area contributed by atoms with Crippen LogP contribution in [0.2, 0.25) is 0 Å². The van der Waals surface area contributed by atoms with E-state index in [1.54, 1.807) is 0 Å². The first-order valence-corrected chi connectivity index (χ1v) is 7.92. The van der Waals surface area contributed by atoms with Crippen LogP contribution >= 0.6 is 0 Å². The van der Waals surface area contributed by atoms with Crippen LogP contribution in [0.3, 0.4) is 0 Å². The molecule has 1 aliphatic heterocycles. The van der Waals surface area contributed by atoms with E-state index in [1.807, 2.05) is 0 Å². The number of carbonyl (C=O) groups excluding carboxylic acids is 4. The largest absolute Gasteiger partial charge is 0.463 e. The Hall–Kier alpha value is -1.96. The fourth-order valence-corrected chi connectivity index (χ4v) is 3.15. The molecule has 0 N–H and O–H groups in total. The molecule has 1 saturated heterocycles. The van der Waals surface area contributed by atoms with E-state index in [-0.39, 0.29) is 18.4 Å². The lowest BCUT2D eigenvalue weighted by molar-refractivity contribution is -0.228. The van der Waals surface area contributed by atoms with Gasteiger partial charge in [-0.2, -0.15) is 0 Å². The van der Waals surface area contributed by atoms with Gasteiger partial charge in [0.1, 0.15) is 24.9 Å². The van der Waals surface area contributed by atoms with Gasteiger partial charge in [-0.05, 0) is 18.8 Å². The summed E-state index contributed by atoms with van der Waals surface area (Å²) in [5.41, 5.74) is 0. The first-order valence-electron chi connectivity index (χ1n) is 7.92. The van der Waals surface area contributed by atoms with E-state index in [4.69, 9.17) is 18.9 Å². The molecule has 0 aromatic rings. The SMILES string of the molecule is CC(=O)OCC1OC(C=O)C(OC(C)=O)C(C2CC2)C1OC(C)=O. The zero-order chi connectivity index (χ0) is 17.9. The van der Waals surface area contributed by atoms with E-state index in [0.29, 0.717) is 6.29 Å². The second kappa shape index (κ2) is 7.74. The van der Waals surface area contributed by atoms with Gasteiger partial charge in [0.05, 0.1) is 0 Å². The predicted molar refractivity (Wildman–Crippen MR) is 78.7 cm³/mol. The van der Waals surface area contributed by atoms with E-state index >= 15 is 0 Å². The zero-order valence-electron chi connectivity index (χ0n) is 13.9. The number of esters is 3. The normalized spacial score (nSPS) is 32.5. The maximum absolute atomic E-state index is 11.5. The number of ether oxygens (including phenoxy) is 4. The number of aldehydes is 1. The van der Waals surface area contributed by atoms with Crippen molar-refractivity contribution in [3.05, 3.63) is 0 Å². The Morgan fingerprint density at radius 2 is 1.58 bits per heavy atom. The van der Waals surface area contributed by atoms with Gasteiger partial charge < -0.3 is 23.7 Å². The van der Waals surface area contributed by atoms with E-state index in [1.165, 1.54) is 20.8 Å². The minimum absolute atomic E-state index is 0.145. The van der Waals surface area contributed by atoms with Crippen molar-refractivity contribution in [2.75, 3.05) is 6.61 Å². The average Bonchev–Trinajstić information content (AvgIpc) is 3.29. The molecular formula is C16H22O8. The number of hydrogen-bond acceptors (Lipinski definition) is 8. The molecule has 24 heavy (non-hydrogen) atoms. The van der Waals surface area contributed by atoms with Crippen LogP contribution in [-0.2, 0) is 38.1 Å². The molecule has 1 aliphatic carbocycles. The summed E-state index contributed by atoms with van der Waals surface area (Å²) in [5, 5.41) is 0. The summed E-state index contributed by atoms with van der Waals surface area (Å²) in [6.07, 6.45) is -1.04. The predicted octanol–water partition coefficient (Wildman–Crippen LogP) is 0.405. The highest BCUT2D eigenvalue weighted by molar-refractivity contribution is 5.68. The van der Waals surface area contributed by atoms with Gasteiger partial charge in [0.15, 0.2) is 12.4 Å². The van der Waals surface area contributed by atoms with Crippen molar-refractivity contribution in [1.82, 2.24) is 0 Å². The first kappa shape index (κ1) is 18.4. The summed E-state index contributed by atoms with van der Waals surface area (Å²) in [6.45, 7) is 3.62. The molecule has 1 saturated carbocycles. The average molecular weight is 342 g/mol. The van der Waals surface area contributed by atoms with Gasteiger partial charge >= 0.3 is 17.9 Å². The van der Waals surface area contributed by atoms with Crippen molar-refractivity contribution in [2.45, 2.75) is 58.0 Å². The van der Waals surface area contributed by atoms with Crippen molar-refractivity contribution in [2.24, 2.45) is 11.8 Å². The highest BCUT2D eigenvalue weighted by Crippen LogP contribution is 2.46. The van der Waals surface area contributed by atoms with Crippen LogP contribution < -0.4 is 0 Å². The number of carbonyl (C=O) groups is 4. The molecule has 2 rings (SSSR count). The monoisotopic (exact) mass is 342 g/mol. The van der Waals surface area contributed by atoms with Crippen LogP contribution in [0, 0.1) is 11.8 Å². The summed E-state index contributed by atoms with van der Waals surface area (Å²) in [6, 6.07) is 0. The molecule has 8 nitrogen and oxygen atoms in total. The second-order valence-electron chi connectivity index (χ2n) is 6.14. The van der Waals surface area contributed by atoms with E-state index < -0.39 is 42.3 Å². The van der Waals surface area contributed by atoms with Crippen LogP contribution in [0.4, 0.5) is 0 Å². The first-order chi connectivity index (χ1) is 11.3. The molecule has 0 amide bonds. The Balaban J connectivity index is 2.28. The quantitative estimate of drug-likeness (QED) is 0.388. The lowest BCUT2D eigenvalue weighted by Crippen LogP contribution is -2.59. The third-order valence-corrected chi connectivity index (χ3v) is 4.14. The highest BCUT2D eigenvalue weighted by Gasteiger charge is 2.55. The Morgan fingerprint density at radius 3 is 2.04 bits per heavy atom. The lowest BCUT2D eigenvalue weighted by Gasteiger charge is -2.44. The van der Waals surface area contributed by atoms with Crippen molar-refractivity contribution in [3.63, 3.8) is 0 Å². The molecule has 8 heteroatoms. The van der Waals surface area contributed by atoms with Gasteiger partial charge in [-0.15, -0.1) is 0 Å². The molecule has 0 aromatic heterocycles. The van der Waals surface area contributed by atoms with Crippen LogP contribution in [0.5, 0.6) is 0 Å². The van der Waals surface area contributed by atoms with Crippen molar-refractivity contribution < 1.29 is 38.1 Å². The van der Waals surface area contributed by atoms with Gasteiger partial charge in [0.25, 0.3) is 0 Å². The Labute approximate surface area is 139 Å². The van der Waals surface area contributed by atoms with Crippen molar-refractivity contribution in [1.29, 1.82) is 0 Å². The molecular weight excluding hydrogens is 320 g/mol. The van der Waals surface area contributed by atoms with Gasteiger partial charge in [0.2, 0.25) is 0 Å². The number of hydrogen-bond donors (Lipinski definition) is 0. The molecule has 0 bridgehead atoms. The summed E-state index contributed by atoms with van der Waals surface area (Å²) in [7, 11) is 0. The van der Waals surface area contributed by atoms with Crippen LogP contribution in [0.1, 0.15) is 33.6 Å². The minimum Gasteiger partial charge on any atom is -0.463 e. The summed E-state index contributed by atoms with van der Waals surface area (Å²) < 4.78 is 21.3. The van der Waals surface area contributed by atoms with Crippen molar-refractivity contribution in [3.8, 4) is 0 Å². The van der Waals surface area contributed by atoms with Crippen molar-refractivity contribution >= 4 is 24.2 Å². The maximum atomic E-state index is 11.5. The minimum atomic E-state index is -0.994. The van der Waals surface area contributed by atoms with Gasteiger partial charge in [-0.3, -0.25) is 14.4 Å². The van der Waals surface area contributed by atoms with Gasteiger partial charge in [0, 0.05) is 26.7 Å². The molecule has 134 valence electrons. The molecule has 0 radical (unpaired) electrons. The Morgan fingerprint density at radius 1 is 1.00 bits per heavy atom. The smallest absolute Gasteiger partial charge is 0.303 e. The summed E-state index contributed by atoms with van der Waals surface area (Å²) in [4.78, 5) is 45.4. The van der Waals surface area contributed by atoms with Crippen LogP contribution in [0.15, 0.2) is 0 Å². The fourth-order valence-electron chi connectivity index (χ4n) is 3.15. The highest BCUT2D eigenvalue weighted by atomic mass is 16.6. The second-order valence-corrected chi connectivity index (χ2v) is 6.14. The molecule has 5 unspecified atom stereocenters. The Bertz CT molecular complexity index is 512. The van der Waals surface area contributed by atoms with Gasteiger partial charge in [-0.25, -0.2) is 0 Å². The summed E-state index contributed by atoms with van der Waals surface area (Å²) >= 11 is 0. The van der Waals surface area contributed by atoms with E-state index in [2.05, 4.69) is 0 Å².